The Morgan fingerprint density at radius 1 is 1.21 bits per heavy atom. The van der Waals surface area contributed by atoms with Crippen LogP contribution in [0.3, 0.4) is 0 Å². The van der Waals surface area contributed by atoms with Gasteiger partial charge in [-0.1, -0.05) is 12.1 Å². The quantitative estimate of drug-likeness (QED) is 0.743. The molecule has 0 aliphatic heterocycles. The molecule has 0 unspecified atom stereocenters. The summed E-state index contributed by atoms with van der Waals surface area (Å²) in [5, 5.41) is 11.5. The van der Waals surface area contributed by atoms with Crippen molar-refractivity contribution in [2.24, 2.45) is 5.73 Å². The number of tetrazole rings is 1. The minimum absolute atomic E-state index is 0.536. The fourth-order valence-corrected chi connectivity index (χ4v) is 1.88. The van der Waals surface area contributed by atoms with Gasteiger partial charge in [0.15, 0.2) is 11.5 Å². The smallest absolute Gasteiger partial charge is 0.199 e. The molecule has 0 saturated heterocycles. The maximum absolute atomic E-state index is 5.59. The van der Waals surface area contributed by atoms with Gasteiger partial charge in [0.25, 0.3) is 0 Å². The van der Waals surface area contributed by atoms with Crippen molar-refractivity contribution in [2.75, 3.05) is 11.9 Å². The van der Waals surface area contributed by atoms with E-state index >= 15 is 0 Å². The molecule has 0 saturated carbocycles. The predicted molar refractivity (Wildman–Crippen MR) is 71.0 cm³/mol. The van der Waals surface area contributed by atoms with Crippen LogP contribution in [0.15, 0.2) is 36.7 Å². The average molecular weight is 255 g/mol. The summed E-state index contributed by atoms with van der Waals surface area (Å²) in [5.74, 6) is 0.794. The van der Waals surface area contributed by atoms with E-state index < -0.39 is 0 Å². The molecule has 0 atom stereocenters. The van der Waals surface area contributed by atoms with Crippen molar-refractivity contribution in [3.05, 3.63) is 42.2 Å². The van der Waals surface area contributed by atoms with Gasteiger partial charge >= 0.3 is 0 Å². The molecule has 0 aliphatic carbocycles. The first kappa shape index (κ1) is 11.5. The van der Waals surface area contributed by atoms with Crippen molar-refractivity contribution in [3.63, 3.8) is 0 Å². The van der Waals surface area contributed by atoms with Crippen LogP contribution in [0.4, 0.5) is 11.5 Å². The highest BCUT2D eigenvalue weighted by atomic mass is 15.5. The van der Waals surface area contributed by atoms with Gasteiger partial charge in [-0.25, -0.2) is 0 Å². The maximum Gasteiger partial charge on any atom is 0.199 e. The van der Waals surface area contributed by atoms with Crippen LogP contribution in [0.5, 0.6) is 0 Å². The summed E-state index contributed by atoms with van der Waals surface area (Å²) in [6.07, 6.45) is 3.34. The van der Waals surface area contributed by atoms with Crippen LogP contribution in [0.2, 0.25) is 0 Å². The van der Waals surface area contributed by atoms with Crippen molar-refractivity contribution in [1.82, 2.24) is 25.0 Å². The predicted octanol–water partition coefficient (Wildman–Crippen LogP) is 0.746. The zero-order valence-corrected chi connectivity index (χ0v) is 10.4. The molecule has 0 spiro atoms. The molecule has 96 valence electrons. The molecule has 2 aromatic heterocycles. The molecule has 0 radical (unpaired) electrons. The normalized spacial score (nSPS) is 10.8. The summed E-state index contributed by atoms with van der Waals surface area (Å²) in [6, 6.07) is 8.01. The van der Waals surface area contributed by atoms with Crippen LogP contribution in [0, 0.1) is 0 Å². The molecule has 2 N–H and O–H groups in total. The lowest BCUT2D eigenvalue weighted by Gasteiger charge is -2.19. The number of nitrogens with two attached hydrogens (primary N) is 1. The van der Waals surface area contributed by atoms with E-state index in [0.717, 1.165) is 17.1 Å². The number of fused-ring (bicyclic) bond motifs is 1. The van der Waals surface area contributed by atoms with Gasteiger partial charge in [-0.3, -0.25) is 4.98 Å². The van der Waals surface area contributed by atoms with Gasteiger partial charge in [-0.05, 0) is 28.1 Å². The Bertz CT molecular complexity index is 689. The molecule has 1 aromatic carbocycles. The molecule has 0 fully saturated rings. The van der Waals surface area contributed by atoms with Gasteiger partial charge in [0.2, 0.25) is 0 Å². The van der Waals surface area contributed by atoms with Crippen LogP contribution in [-0.2, 0) is 6.54 Å². The van der Waals surface area contributed by atoms with Gasteiger partial charge < -0.3 is 10.6 Å². The van der Waals surface area contributed by atoms with Crippen LogP contribution in [-0.4, -0.2) is 32.1 Å². The van der Waals surface area contributed by atoms with Gasteiger partial charge in [0.1, 0.15) is 0 Å². The summed E-state index contributed by atoms with van der Waals surface area (Å²) >= 11 is 0. The molecule has 0 aliphatic rings. The fraction of sp³-hybridized carbons (Fsp3) is 0.167. The number of hydrogen-bond donors (Lipinski definition) is 1. The number of rotatable bonds is 3. The van der Waals surface area contributed by atoms with E-state index in [9.17, 15) is 0 Å². The lowest BCUT2D eigenvalue weighted by Crippen LogP contribution is -2.14. The summed E-state index contributed by atoms with van der Waals surface area (Å²) in [5.41, 5.74) is 8.32. The van der Waals surface area contributed by atoms with Crippen LogP contribution in [0.1, 0.15) is 5.56 Å². The Morgan fingerprint density at radius 3 is 2.74 bits per heavy atom. The summed E-state index contributed by atoms with van der Waals surface area (Å²) in [6.45, 7) is 0.536. The molecular weight excluding hydrogens is 242 g/mol. The zero-order valence-electron chi connectivity index (χ0n) is 10.4. The van der Waals surface area contributed by atoms with E-state index in [1.807, 2.05) is 36.2 Å². The second-order valence-electron chi connectivity index (χ2n) is 4.14. The molecule has 3 aromatic rings. The second-order valence-corrected chi connectivity index (χ2v) is 4.14. The molecule has 0 bridgehead atoms. The molecule has 2 heterocycles. The Morgan fingerprint density at radius 2 is 2.00 bits per heavy atom. The maximum atomic E-state index is 5.59. The minimum Gasteiger partial charge on any atom is -0.328 e. The third-order valence-corrected chi connectivity index (χ3v) is 2.99. The first-order valence-electron chi connectivity index (χ1n) is 5.84. The van der Waals surface area contributed by atoms with E-state index in [2.05, 4.69) is 20.5 Å². The van der Waals surface area contributed by atoms with Gasteiger partial charge in [-0.15, -0.1) is 5.10 Å². The first-order chi connectivity index (χ1) is 9.29. The third kappa shape index (κ3) is 2.00. The Labute approximate surface area is 109 Å². The molecular formula is C12H13N7. The van der Waals surface area contributed by atoms with E-state index in [1.54, 1.807) is 16.9 Å². The SMILES string of the molecule is CN(c1ccc(CN)cc1)c1cncc2nnnn12. The minimum atomic E-state index is 0.536. The van der Waals surface area contributed by atoms with Gasteiger partial charge in [0.05, 0.1) is 12.4 Å². The van der Waals surface area contributed by atoms with Crippen molar-refractivity contribution >= 4 is 17.2 Å². The monoisotopic (exact) mass is 255 g/mol. The standard InChI is InChI=1S/C12H13N7/c1-18(10-4-2-9(6-13)3-5-10)12-8-14-7-11-15-16-17-19(11)12/h2-5,7-8H,6,13H2,1H3. The lowest BCUT2D eigenvalue weighted by atomic mass is 10.2. The summed E-state index contributed by atoms with van der Waals surface area (Å²) in [4.78, 5) is 6.11. The molecule has 7 nitrogen and oxygen atoms in total. The third-order valence-electron chi connectivity index (χ3n) is 2.99. The van der Waals surface area contributed by atoms with Crippen molar-refractivity contribution in [2.45, 2.75) is 6.54 Å². The topological polar surface area (TPSA) is 85.2 Å². The number of hydrogen-bond acceptors (Lipinski definition) is 6. The largest absolute Gasteiger partial charge is 0.328 e. The van der Waals surface area contributed by atoms with Crippen LogP contribution in [0.25, 0.3) is 5.65 Å². The van der Waals surface area contributed by atoms with E-state index in [4.69, 9.17) is 5.73 Å². The Hall–Kier alpha value is -2.54. The fourth-order valence-electron chi connectivity index (χ4n) is 1.88. The van der Waals surface area contributed by atoms with Crippen LogP contribution >= 0.6 is 0 Å². The first-order valence-corrected chi connectivity index (χ1v) is 5.84. The molecule has 0 amide bonds. The highest BCUT2D eigenvalue weighted by molar-refractivity contribution is 5.60. The van der Waals surface area contributed by atoms with E-state index in [0.29, 0.717) is 12.2 Å². The number of anilines is 2. The van der Waals surface area contributed by atoms with E-state index in [-0.39, 0.29) is 0 Å². The van der Waals surface area contributed by atoms with Crippen molar-refractivity contribution in [1.29, 1.82) is 0 Å². The Balaban J connectivity index is 2.02. The summed E-state index contributed by atoms with van der Waals surface area (Å²) < 4.78 is 1.64. The van der Waals surface area contributed by atoms with Crippen LogP contribution < -0.4 is 10.6 Å². The van der Waals surface area contributed by atoms with E-state index in [1.165, 1.54) is 0 Å². The zero-order chi connectivity index (χ0) is 13.2. The molecule has 3 rings (SSSR count). The molecule has 7 heteroatoms. The van der Waals surface area contributed by atoms with Gasteiger partial charge in [-0.2, -0.15) is 4.52 Å². The number of aromatic nitrogens is 5. The van der Waals surface area contributed by atoms with Crippen molar-refractivity contribution in [3.8, 4) is 0 Å². The lowest BCUT2D eigenvalue weighted by molar-refractivity contribution is 0.813. The van der Waals surface area contributed by atoms with Gasteiger partial charge in [0, 0.05) is 19.3 Å². The highest BCUT2D eigenvalue weighted by Crippen LogP contribution is 2.22. The number of benzene rings is 1. The summed E-state index contributed by atoms with van der Waals surface area (Å²) in [7, 11) is 1.94. The second kappa shape index (κ2) is 4.62. The molecule has 19 heavy (non-hydrogen) atoms. The number of nitrogens with zero attached hydrogens (tertiary/aromatic N) is 6. The Kier molecular flexibility index (Phi) is 2.81. The highest BCUT2D eigenvalue weighted by Gasteiger charge is 2.10. The van der Waals surface area contributed by atoms with Crippen molar-refractivity contribution < 1.29 is 0 Å². The average Bonchev–Trinajstić information content (AvgIpc) is 2.95.